The highest BCUT2D eigenvalue weighted by Gasteiger charge is 2.14. The van der Waals surface area contributed by atoms with Crippen LogP contribution in [0.1, 0.15) is 17.0 Å². The van der Waals surface area contributed by atoms with Gasteiger partial charge in [-0.1, -0.05) is 47.5 Å². The summed E-state index contributed by atoms with van der Waals surface area (Å²) >= 11 is 17.8. The van der Waals surface area contributed by atoms with Gasteiger partial charge in [-0.3, -0.25) is 0 Å². The monoisotopic (exact) mass is 316 g/mol. The van der Waals surface area contributed by atoms with E-state index in [1.165, 1.54) is 6.07 Å². The van der Waals surface area contributed by atoms with Crippen LogP contribution in [0.25, 0.3) is 0 Å². The van der Waals surface area contributed by atoms with E-state index < -0.39 is 5.82 Å². The van der Waals surface area contributed by atoms with Crippen LogP contribution < -0.4 is 0 Å². The second-order valence-electron chi connectivity index (χ2n) is 4.32. The van der Waals surface area contributed by atoms with Crippen molar-refractivity contribution >= 4 is 34.8 Å². The first-order valence-corrected chi connectivity index (χ1v) is 7.15. The van der Waals surface area contributed by atoms with E-state index in [4.69, 9.17) is 34.8 Å². The second kappa shape index (κ2) is 6.60. The van der Waals surface area contributed by atoms with Crippen LogP contribution in [0, 0.1) is 5.82 Å². The van der Waals surface area contributed by atoms with Gasteiger partial charge in [-0.2, -0.15) is 0 Å². The number of hydrogen-bond donors (Lipinski definition) is 0. The topological polar surface area (TPSA) is 0 Å². The molecule has 0 saturated heterocycles. The van der Waals surface area contributed by atoms with Crippen LogP contribution in [0.5, 0.6) is 0 Å². The van der Waals surface area contributed by atoms with Gasteiger partial charge in [-0.05, 0) is 35.7 Å². The Balaban J connectivity index is 2.24. The molecule has 0 aliphatic rings. The SMILES string of the molecule is Fc1cccc(CC(CCl)c2ccc(Cl)cc2)c1Cl. The fraction of sp³-hybridized carbons (Fsp3) is 0.200. The van der Waals surface area contributed by atoms with Crippen molar-refractivity contribution in [2.24, 2.45) is 0 Å². The molecular weight excluding hydrogens is 306 g/mol. The molecule has 0 saturated carbocycles. The molecule has 0 aliphatic carbocycles. The van der Waals surface area contributed by atoms with Crippen LogP contribution in [-0.2, 0) is 6.42 Å². The van der Waals surface area contributed by atoms with Gasteiger partial charge in [0.25, 0.3) is 0 Å². The van der Waals surface area contributed by atoms with E-state index >= 15 is 0 Å². The Kier molecular flexibility index (Phi) is 5.09. The predicted molar refractivity (Wildman–Crippen MR) is 80.0 cm³/mol. The van der Waals surface area contributed by atoms with Crippen molar-refractivity contribution in [3.8, 4) is 0 Å². The minimum Gasteiger partial charge on any atom is -0.205 e. The number of rotatable bonds is 4. The molecule has 0 nitrogen and oxygen atoms in total. The summed E-state index contributed by atoms with van der Waals surface area (Å²) in [5.74, 6) is 0.121. The Hall–Kier alpha value is -0.760. The molecule has 1 atom stereocenters. The summed E-state index contributed by atoms with van der Waals surface area (Å²) < 4.78 is 13.4. The van der Waals surface area contributed by atoms with Gasteiger partial charge in [0.2, 0.25) is 0 Å². The van der Waals surface area contributed by atoms with E-state index in [0.29, 0.717) is 17.3 Å². The highest BCUT2D eigenvalue weighted by atomic mass is 35.5. The van der Waals surface area contributed by atoms with Crippen LogP contribution in [0.3, 0.4) is 0 Å². The fourth-order valence-electron chi connectivity index (χ4n) is 1.97. The fourth-order valence-corrected chi connectivity index (χ4v) is 2.58. The highest BCUT2D eigenvalue weighted by Crippen LogP contribution is 2.28. The number of alkyl halides is 1. The zero-order valence-electron chi connectivity index (χ0n) is 10.0. The summed E-state index contributed by atoms with van der Waals surface area (Å²) in [7, 11) is 0. The largest absolute Gasteiger partial charge is 0.205 e. The Bertz CT molecular complexity index is 552. The van der Waals surface area contributed by atoms with Crippen LogP contribution >= 0.6 is 34.8 Å². The van der Waals surface area contributed by atoms with Crippen molar-refractivity contribution in [3.63, 3.8) is 0 Å². The first-order valence-electron chi connectivity index (χ1n) is 5.86. The van der Waals surface area contributed by atoms with Crippen molar-refractivity contribution in [2.75, 3.05) is 5.88 Å². The van der Waals surface area contributed by atoms with Crippen LogP contribution in [0.15, 0.2) is 42.5 Å². The van der Waals surface area contributed by atoms with E-state index in [0.717, 1.165) is 11.1 Å². The second-order valence-corrected chi connectivity index (χ2v) is 5.44. The smallest absolute Gasteiger partial charge is 0.142 e. The molecule has 0 spiro atoms. The third-order valence-electron chi connectivity index (χ3n) is 3.03. The summed E-state index contributed by atoms with van der Waals surface area (Å²) in [4.78, 5) is 0. The van der Waals surface area contributed by atoms with Gasteiger partial charge >= 0.3 is 0 Å². The Morgan fingerprint density at radius 3 is 2.32 bits per heavy atom. The summed E-state index contributed by atoms with van der Waals surface area (Å²) in [5.41, 5.74) is 1.84. The number of benzene rings is 2. The molecule has 2 aromatic carbocycles. The van der Waals surface area contributed by atoms with Gasteiger partial charge in [0, 0.05) is 16.8 Å². The maximum atomic E-state index is 13.4. The van der Waals surface area contributed by atoms with Gasteiger partial charge < -0.3 is 0 Å². The molecule has 19 heavy (non-hydrogen) atoms. The molecule has 2 rings (SSSR count). The van der Waals surface area contributed by atoms with E-state index in [-0.39, 0.29) is 10.9 Å². The molecule has 2 aromatic rings. The van der Waals surface area contributed by atoms with Gasteiger partial charge in [0.1, 0.15) is 5.82 Å². The van der Waals surface area contributed by atoms with Gasteiger partial charge in [-0.15, -0.1) is 11.6 Å². The lowest BCUT2D eigenvalue weighted by atomic mass is 9.93. The highest BCUT2D eigenvalue weighted by molar-refractivity contribution is 6.31. The van der Waals surface area contributed by atoms with Crippen molar-refractivity contribution in [1.82, 2.24) is 0 Å². The molecule has 4 heteroatoms. The maximum absolute atomic E-state index is 13.4. The quantitative estimate of drug-likeness (QED) is 0.635. The average Bonchev–Trinajstić information content (AvgIpc) is 2.42. The minimum atomic E-state index is -0.399. The van der Waals surface area contributed by atoms with Gasteiger partial charge in [0.15, 0.2) is 0 Å². The number of halogens is 4. The summed E-state index contributed by atoms with van der Waals surface area (Å²) in [6.45, 7) is 0. The Labute approximate surface area is 127 Å². The first-order chi connectivity index (χ1) is 9.11. The molecule has 0 radical (unpaired) electrons. The van der Waals surface area contributed by atoms with E-state index in [9.17, 15) is 4.39 Å². The normalized spacial score (nSPS) is 12.4. The lowest BCUT2D eigenvalue weighted by Crippen LogP contribution is -2.05. The Morgan fingerprint density at radius 1 is 1.00 bits per heavy atom. The molecular formula is C15H12Cl3F. The third-order valence-corrected chi connectivity index (χ3v) is 4.07. The molecule has 0 heterocycles. The van der Waals surface area contributed by atoms with Crippen molar-refractivity contribution < 1.29 is 4.39 Å². The third kappa shape index (κ3) is 3.62. The maximum Gasteiger partial charge on any atom is 0.142 e. The summed E-state index contributed by atoms with van der Waals surface area (Å²) in [6, 6.07) is 12.3. The van der Waals surface area contributed by atoms with E-state index in [2.05, 4.69) is 0 Å². The van der Waals surface area contributed by atoms with Crippen molar-refractivity contribution in [1.29, 1.82) is 0 Å². The zero-order chi connectivity index (χ0) is 13.8. The molecule has 0 amide bonds. The van der Waals surface area contributed by atoms with Gasteiger partial charge in [0.05, 0.1) is 5.02 Å². The molecule has 0 aliphatic heterocycles. The molecule has 0 aromatic heterocycles. The molecule has 100 valence electrons. The lowest BCUT2D eigenvalue weighted by Gasteiger charge is -2.15. The van der Waals surface area contributed by atoms with Crippen LogP contribution in [0.4, 0.5) is 4.39 Å². The standard InChI is InChI=1S/C15H12Cl3F/c16-9-12(10-4-6-13(17)7-5-10)8-11-2-1-3-14(19)15(11)18/h1-7,12H,8-9H2. The first kappa shape index (κ1) is 14.6. The van der Waals surface area contributed by atoms with Crippen LogP contribution in [-0.4, -0.2) is 5.88 Å². The van der Waals surface area contributed by atoms with Crippen molar-refractivity contribution in [2.45, 2.75) is 12.3 Å². The van der Waals surface area contributed by atoms with Crippen molar-refractivity contribution in [3.05, 3.63) is 69.5 Å². The number of hydrogen-bond acceptors (Lipinski definition) is 0. The zero-order valence-corrected chi connectivity index (χ0v) is 12.3. The molecule has 0 bridgehead atoms. The summed E-state index contributed by atoms with van der Waals surface area (Å²) in [5, 5.41) is 0.854. The molecule has 0 fully saturated rings. The minimum absolute atomic E-state index is 0.0817. The summed E-state index contributed by atoms with van der Waals surface area (Å²) in [6.07, 6.45) is 0.599. The predicted octanol–water partition coefficient (Wildman–Crippen LogP) is 5.70. The molecule has 0 N–H and O–H groups in total. The van der Waals surface area contributed by atoms with Crippen LogP contribution in [0.2, 0.25) is 10.0 Å². The van der Waals surface area contributed by atoms with E-state index in [1.54, 1.807) is 6.07 Å². The average molecular weight is 318 g/mol. The Morgan fingerprint density at radius 2 is 1.68 bits per heavy atom. The lowest BCUT2D eigenvalue weighted by molar-refractivity contribution is 0.624. The van der Waals surface area contributed by atoms with Gasteiger partial charge in [-0.25, -0.2) is 4.39 Å². The van der Waals surface area contributed by atoms with E-state index in [1.807, 2.05) is 30.3 Å². The molecule has 1 unspecified atom stereocenters.